The molecule has 2 aromatic rings. The number of carbonyl (C=O) groups excluding carboxylic acids is 1. The Labute approximate surface area is 171 Å². The highest BCUT2D eigenvalue weighted by molar-refractivity contribution is 5.95. The zero-order chi connectivity index (χ0) is 21.8. The van der Waals surface area contributed by atoms with Crippen molar-refractivity contribution in [3.63, 3.8) is 0 Å². The molecule has 1 amide bonds. The van der Waals surface area contributed by atoms with E-state index in [2.05, 4.69) is 50.4 Å². The van der Waals surface area contributed by atoms with Gasteiger partial charge in [-0.3, -0.25) is 14.9 Å². The summed E-state index contributed by atoms with van der Waals surface area (Å²) in [6, 6.07) is 12.2. The zero-order valence-corrected chi connectivity index (χ0v) is 17.9. The summed E-state index contributed by atoms with van der Waals surface area (Å²) >= 11 is 0. The molecule has 0 spiro atoms. The molecule has 2 rings (SSSR count). The van der Waals surface area contributed by atoms with Crippen molar-refractivity contribution < 1.29 is 19.4 Å². The second kappa shape index (κ2) is 9.05. The van der Waals surface area contributed by atoms with Crippen molar-refractivity contribution in [1.29, 1.82) is 0 Å². The van der Waals surface area contributed by atoms with E-state index < -0.39 is 4.92 Å². The summed E-state index contributed by atoms with van der Waals surface area (Å²) in [5.74, 6) is 0.152. The first-order chi connectivity index (χ1) is 13.5. The number of hydrogen-bond donors (Lipinski definition) is 2. The van der Waals surface area contributed by atoms with Crippen LogP contribution in [0.5, 0.6) is 5.75 Å². The van der Waals surface area contributed by atoms with Gasteiger partial charge in [-0.1, -0.05) is 45.0 Å². The first-order valence-corrected chi connectivity index (χ1v) is 9.58. The van der Waals surface area contributed by atoms with Gasteiger partial charge in [-0.15, -0.1) is 0 Å². The number of likely N-dealkylation sites (N-methyl/N-ethyl adjacent to an activating group) is 1. The van der Waals surface area contributed by atoms with Crippen molar-refractivity contribution >= 4 is 17.3 Å². The second-order valence-corrected chi connectivity index (χ2v) is 8.32. The predicted octanol–water partition coefficient (Wildman–Crippen LogP) is 2.94. The fraction of sp³-hybridized carbons (Fsp3) is 0.409. The van der Waals surface area contributed by atoms with E-state index in [0.29, 0.717) is 18.0 Å². The molecule has 0 aliphatic rings. The van der Waals surface area contributed by atoms with Crippen molar-refractivity contribution in [2.45, 2.75) is 45.7 Å². The molecule has 0 saturated carbocycles. The lowest BCUT2D eigenvalue weighted by Gasteiger charge is -2.23. The van der Waals surface area contributed by atoms with Crippen molar-refractivity contribution in [2.24, 2.45) is 0 Å². The van der Waals surface area contributed by atoms with Crippen molar-refractivity contribution in [2.75, 3.05) is 19.5 Å². The van der Waals surface area contributed by atoms with Crippen LogP contribution < -0.4 is 15.0 Å². The van der Waals surface area contributed by atoms with Crippen LogP contribution in [0, 0.1) is 10.1 Å². The summed E-state index contributed by atoms with van der Waals surface area (Å²) in [5.41, 5.74) is 2.70. The standard InChI is InChI=1S/C22H29N3O4/c1-15(24(5)14-16-7-9-17(10-8-16)22(2,3)4)21(26)23-19-13-18(25(27)28)11-12-20(19)29-6/h7-13,15H,14H2,1-6H3,(H,23,26)/p+1/t15-/m0/s1. The molecule has 0 aliphatic heterocycles. The van der Waals surface area contributed by atoms with E-state index in [1.807, 2.05) is 14.0 Å². The number of methoxy groups -OCH3 is 1. The number of nitro benzene ring substituents is 1. The lowest BCUT2D eigenvalue weighted by atomic mass is 9.87. The average molecular weight is 400 g/mol. The molecule has 0 bridgehead atoms. The number of nitrogens with zero attached hydrogens (tertiary/aromatic N) is 1. The van der Waals surface area contributed by atoms with E-state index in [1.165, 1.54) is 30.9 Å². The minimum atomic E-state index is -0.503. The number of anilines is 1. The van der Waals surface area contributed by atoms with Gasteiger partial charge in [-0.25, -0.2) is 0 Å². The van der Waals surface area contributed by atoms with E-state index in [1.54, 1.807) is 0 Å². The largest absolute Gasteiger partial charge is 0.495 e. The molecule has 0 fully saturated rings. The Bertz CT molecular complexity index is 873. The average Bonchev–Trinajstić information content (AvgIpc) is 2.66. The number of benzene rings is 2. The maximum atomic E-state index is 12.7. The number of hydrogen-bond acceptors (Lipinski definition) is 4. The molecule has 2 atom stereocenters. The highest BCUT2D eigenvalue weighted by Crippen LogP contribution is 2.28. The second-order valence-electron chi connectivity index (χ2n) is 8.32. The van der Waals surface area contributed by atoms with Gasteiger partial charge in [0.05, 0.1) is 24.8 Å². The normalized spacial score (nSPS) is 13.4. The Hall–Kier alpha value is -2.93. The quantitative estimate of drug-likeness (QED) is 0.553. The number of nitro groups is 1. The van der Waals surface area contributed by atoms with Gasteiger partial charge in [0.2, 0.25) is 0 Å². The van der Waals surface area contributed by atoms with E-state index in [-0.39, 0.29) is 23.1 Å². The molecule has 0 radical (unpaired) electrons. The van der Waals surface area contributed by atoms with E-state index >= 15 is 0 Å². The van der Waals surface area contributed by atoms with Gasteiger partial charge in [0.1, 0.15) is 12.3 Å². The van der Waals surface area contributed by atoms with Crippen LogP contribution in [0.4, 0.5) is 11.4 Å². The van der Waals surface area contributed by atoms with Gasteiger partial charge in [0, 0.05) is 17.7 Å². The number of rotatable bonds is 7. The minimum Gasteiger partial charge on any atom is -0.495 e. The van der Waals surface area contributed by atoms with Crippen molar-refractivity contribution in [1.82, 2.24) is 0 Å². The van der Waals surface area contributed by atoms with Gasteiger partial charge < -0.3 is 15.0 Å². The molecule has 7 heteroatoms. The molecule has 156 valence electrons. The van der Waals surface area contributed by atoms with Crippen LogP contribution in [0.1, 0.15) is 38.8 Å². The number of nitrogens with one attached hydrogen (secondary N) is 2. The first-order valence-electron chi connectivity index (χ1n) is 9.58. The molecule has 0 saturated heterocycles. The van der Waals surface area contributed by atoms with Gasteiger partial charge in [0.25, 0.3) is 11.6 Å². The Morgan fingerprint density at radius 2 is 1.83 bits per heavy atom. The lowest BCUT2D eigenvalue weighted by Crippen LogP contribution is -3.12. The summed E-state index contributed by atoms with van der Waals surface area (Å²) in [6.45, 7) is 9.04. The van der Waals surface area contributed by atoms with E-state index in [4.69, 9.17) is 4.74 Å². The Morgan fingerprint density at radius 1 is 1.21 bits per heavy atom. The van der Waals surface area contributed by atoms with Gasteiger partial charge >= 0.3 is 0 Å². The van der Waals surface area contributed by atoms with E-state index in [0.717, 1.165) is 10.5 Å². The van der Waals surface area contributed by atoms with Crippen LogP contribution in [0.25, 0.3) is 0 Å². The summed E-state index contributed by atoms with van der Waals surface area (Å²) in [7, 11) is 3.41. The summed E-state index contributed by atoms with van der Waals surface area (Å²) in [6.07, 6.45) is 0. The summed E-state index contributed by atoms with van der Waals surface area (Å²) < 4.78 is 5.21. The lowest BCUT2D eigenvalue weighted by molar-refractivity contribution is -0.907. The molecular formula is C22H30N3O4+. The van der Waals surface area contributed by atoms with Gasteiger partial charge in [0.15, 0.2) is 6.04 Å². The van der Waals surface area contributed by atoms with Crippen LogP contribution in [0.2, 0.25) is 0 Å². The van der Waals surface area contributed by atoms with Gasteiger partial charge in [-0.05, 0) is 24.0 Å². The van der Waals surface area contributed by atoms with Crippen LogP contribution in [-0.4, -0.2) is 31.0 Å². The molecule has 2 aromatic carbocycles. The molecular weight excluding hydrogens is 370 g/mol. The zero-order valence-electron chi connectivity index (χ0n) is 17.9. The monoisotopic (exact) mass is 400 g/mol. The van der Waals surface area contributed by atoms with Crippen LogP contribution in [-0.2, 0) is 16.8 Å². The number of quaternary nitrogens is 1. The third-order valence-electron chi connectivity index (χ3n) is 5.09. The number of ether oxygens (including phenoxy) is 1. The molecule has 0 heterocycles. The topological polar surface area (TPSA) is 85.9 Å². The van der Waals surface area contributed by atoms with Crippen LogP contribution in [0.15, 0.2) is 42.5 Å². The Kier molecular flexibility index (Phi) is 6.97. The maximum absolute atomic E-state index is 12.7. The molecule has 7 nitrogen and oxygen atoms in total. The Morgan fingerprint density at radius 3 is 2.34 bits per heavy atom. The highest BCUT2D eigenvalue weighted by atomic mass is 16.6. The van der Waals surface area contributed by atoms with Crippen LogP contribution >= 0.6 is 0 Å². The summed E-state index contributed by atoms with van der Waals surface area (Å²) in [5, 5.41) is 13.8. The number of non-ortho nitro benzene ring substituents is 1. The number of carbonyl (C=O) groups is 1. The minimum absolute atomic E-state index is 0.0990. The Balaban J connectivity index is 2.08. The molecule has 29 heavy (non-hydrogen) atoms. The molecule has 1 unspecified atom stereocenters. The molecule has 2 N–H and O–H groups in total. The third-order valence-corrected chi connectivity index (χ3v) is 5.09. The van der Waals surface area contributed by atoms with Crippen molar-refractivity contribution in [3.05, 3.63) is 63.7 Å². The predicted molar refractivity (Wildman–Crippen MR) is 113 cm³/mol. The first kappa shape index (κ1) is 22.4. The summed E-state index contributed by atoms with van der Waals surface area (Å²) in [4.78, 5) is 24.2. The van der Waals surface area contributed by atoms with E-state index in [9.17, 15) is 14.9 Å². The highest BCUT2D eigenvalue weighted by Gasteiger charge is 2.24. The smallest absolute Gasteiger partial charge is 0.282 e. The van der Waals surface area contributed by atoms with Gasteiger partial charge in [-0.2, -0.15) is 0 Å². The SMILES string of the molecule is COc1ccc([N+](=O)[O-])cc1NC(=O)[C@H](C)[NH+](C)Cc1ccc(C(C)(C)C)cc1. The molecule has 0 aliphatic carbocycles. The number of amides is 1. The fourth-order valence-corrected chi connectivity index (χ4v) is 2.97. The fourth-order valence-electron chi connectivity index (χ4n) is 2.97. The maximum Gasteiger partial charge on any atom is 0.282 e. The molecule has 0 aromatic heterocycles. The van der Waals surface area contributed by atoms with Crippen molar-refractivity contribution in [3.8, 4) is 5.75 Å². The third kappa shape index (κ3) is 5.77. The van der Waals surface area contributed by atoms with Crippen LogP contribution in [0.3, 0.4) is 0 Å².